The molecule has 6 nitrogen and oxygen atoms in total. The lowest BCUT2D eigenvalue weighted by atomic mass is 9.94. The van der Waals surface area contributed by atoms with Crippen LogP contribution in [-0.4, -0.2) is 23.6 Å². The lowest BCUT2D eigenvalue weighted by molar-refractivity contribution is 0.101. The van der Waals surface area contributed by atoms with E-state index in [0.717, 1.165) is 23.3 Å². The van der Waals surface area contributed by atoms with Crippen molar-refractivity contribution in [3.63, 3.8) is 0 Å². The number of hydrogen-bond acceptors (Lipinski definition) is 3. The number of rotatable bonds is 6. The van der Waals surface area contributed by atoms with Crippen molar-refractivity contribution in [2.75, 3.05) is 12.4 Å². The fraction of sp³-hybridized carbons (Fsp3) is 0.259. The van der Waals surface area contributed by atoms with Crippen LogP contribution >= 0.6 is 0 Å². The van der Waals surface area contributed by atoms with Crippen LogP contribution in [0.15, 0.2) is 70.1 Å². The molecular weight excluding hydrogens is 461 g/mol. The molecule has 8 heteroatoms. The van der Waals surface area contributed by atoms with Crippen LogP contribution in [0.1, 0.15) is 40.5 Å². The molecule has 0 radical (unpaired) electrons. The number of carbonyl (C=O) groups is 1. The highest BCUT2D eigenvalue weighted by Gasteiger charge is 2.26. The Hall–Kier alpha value is -3.54. The van der Waals surface area contributed by atoms with E-state index >= 15 is 0 Å². The van der Waals surface area contributed by atoms with Gasteiger partial charge in [-0.3, -0.25) is 4.79 Å². The van der Waals surface area contributed by atoms with E-state index in [2.05, 4.69) is 51.7 Å². The largest absolute Gasteiger partial charge is 0.345 e. The van der Waals surface area contributed by atoms with Gasteiger partial charge in [0.05, 0.1) is 10.5 Å². The number of amides is 1. The predicted molar refractivity (Wildman–Crippen MR) is 138 cm³/mol. The zero-order chi connectivity index (χ0) is 24.9. The van der Waals surface area contributed by atoms with Crippen molar-refractivity contribution in [3.05, 3.63) is 89.0 Å². The summed E-state index contributed by atoms with van der Waals surface area (Å²) in [6.07, 6.45) is 8.07. The first kappa shape index (κ1) is 24.6. The summed E-state index contributed by atoms with van der Waals surface area (Å²) in [5, 5.41) is 11.9. The molecule has 0 saturated carbocycles. The Morgan fingerprint density at radius 3 is 2.80 bits per heavy atom. The minimum Gasteiger partial charge on any atom is -0.345 e. The third-order valence-electron chi connectivity index (χ3n) is 6.20. The second-order valence-electron chi connectivity index (χ2n) is 8.60. The van der Waals surface area contributed by atoms with Crippen molar-refractivity contribution >= 4 is 28.5 Å². The molecule has 4 rings (SSSR count). The number of aromatic nitrogens is 1. The van der Waals surface area contributed by atoms with E-state index < -0.39 is 16.7 Å². The Bertz CT molecular complexity index is 1340. The Kier molecular flexibility index (Phi) is 7.59. The maximum absolute atomic E-state index is 13.7. The summed E-state index contributed by atoms with van der Waals surface area (Å²) >= 11 is 0. The molecule has 2 aromatic carbocycles. The first-order valence-corrected chi connectivity index (χ1v) is 12.6. The topological polar surface area (TPSA) is 82.2 Å². The van der Waals surface area contributed by atoms with Crippen LogP contribution in [0, 0.1) is 23.1 Å². The molecule has 180 valence electrons. The van der Waals surface area contributed by atoms with Gasteiger partial charge in [-0.2, -0.15) is 5.26 Å². The maximum Gasteiger partial charge on any atom is 0.272 e. The van der Waals surface area contributed by atoms with Gasteiger partial charge in [-0.25, -0.2) is 13.5 Å². The van der Waals surface area contributed by atoms with Gasteiger partial charge in [-0.15, -0.1) is 0 Å². The molecule has 2 heterocycles. The van der Waals surface area contributed by atoms with E-state index in [1.807, 2.05) is 25.4 Å². The number of halogens is 1. The molecule has 2 N–H and O–H groups in total. The highest BCUT2D eigenvalue weighted by molar-refractivity contribution is 7.85. The van der Waals surface area contributed by atoms with Crippen LogP contribution in [0.5, 0.6) is 0 Å². The van der Waals surface area contributed by atoms with Crippen LogP contribution in [0.25, 0.3) is 6.08 Å². The van der Waals surface area contributed by atoms with Gasteiger partial charge in [-0.1, -0.05) is 49.4 Å². The third kappa shape index (κ3) is 5.42. The number of nitrogens with zero attached hydrogens (tertiary/aromatic N) is 3. The van der Waals surface area contributed by atoms with Crippen molar-refractivity contribution in [2.24, 2.45) is 17.3 Å². The van der Waals surface area contributed by atoms with Crippen molar-refractivity contribution < 1.29 is 9.18 Å². The van der Waals surface area contributed by atoms with Crippen LogP contribution < -0.4 is 10.0 Å². The summed E-state index contributed by atoms with van der Waals surface area (Å²) in [5.41, 5.74) is 2.87. The minimum absolute atomic E-state index is 0.106. The van der Waals surface area contributed by atoms with E-state index in [1.165, 1.54) is 23.8 Å². The molecule has 0 aliphatic carbocycles. The molecule has 0 spiro atoms. The summed E-state index contributed by atoms with van der Waals surface area (Å²) in [6, 6.07) is 16.3. The lowest BCUT2D eigenvalue weighted by Crippen LogP contribution is -2.34. The normalized spacial score (nSPS) is 17.9. The van der Waals surface area contributed by atoms with Gasteiger partial charge in [0, 0.05) is 48.5 Å². The number of fused-ring (bicyclic) bond motifs is 1. The van der Waals surface area contributed by atoms with Crippen LogP contribution in [-0.2, 0) is 24.3 Å². The zero-order valence-electron chi connectivity index (χ0n) is 20.0. The minimum atomic E-state index is -0.617. The predicted octanol–water partition coefficient (Wildman–Crippen LogP) is 5.25. The van der Waals surface area contributed by atoms with Crippen molar-refractivity contribution in [3.8, 4) is 6.07 Å². The average Bonchev–Trinajstić information content (AvgIpc) is 3.09. The number of anilines is 1. The summed E-state index contributed by atoms with van der Waals surface area (Å²) in [6.45, 7) is 2.23. The third-order valence-corrected chi connectivity index (χ3v) is 7.80. The van der Waals surface area contributed by atoms with Crippen molar-refractivity contribution in [1.29, 1.82) is 5.26 Å². The lowest BCUT2D eigenvalue weighted by Gasteiger charge is -2.22. The molecule has 3 unspecified atom stereocenters. The van der Waals surface area contributed by atoms with Gasteiger partial charge in [-0.05, 0) is 42.5 Å². The smallest absolute Gasteiger partial charge is 0.272 e. The van der Waals surface area contributed by atoms with E-state index in [-0.39, 0.29) is 17.5 Å². The molecule has 1 aromatic heterocycles. The first-order chi connectivity index (χ1) is 16.9. The second kappa shape index (κ2) is 10.8. The Morgan fingerprint density at radius 2 is 2.09 bits per heavy atom. The van der Waals surface area contributed by atoms with Gasteiger partial charge in [0.25, 0.3) is 5.91 Å². The van der Waals surface area contributed by atoms with E-state index in [1.54, 1.807) is 17.7 Å². The fourth-order valence-electron chi connectivity index (χ4n) is 4.20. The highest BCUT2D eigenvalue weighted by atomic mass is 32.2. The molecule has 1 amide bonds. The maximum atomic E-state index is 13.7. The summed E-state index contributed by atoms with van der Waals surface area (Å²) < 4.78 is 23.7. The average molecular weight is 490 g/mol. The molecule has 0 saturated heterocycles. The summed E-state index contributed by atoms with van der Waals surface area (Å²) in [7, 11) is 3.02. The number of hydrogen-bond donors (Lipinski definition) is 2. The number of aryl methyl sites for hydroxylation is 2. The van der Waals surface area contributed by atoms with E-state index in [9.17, 15) is 9.18 Å². The summed E-state index contributed by atoms with van der Waals surface area (Å²) in [5.74, 6) is -0.584. The molecule has 0 fully saturated rings. The van der Waals surface area contributed by atoms with Crippen molar-refractivity contribution in [2.45, 2.75) is 30.7 Å². The van der Waals surface area contributed by atoms with Gasteiger partial charge >= 0.3 is 0 Å². The Labute approximate surface area is 207 Å². The molecule has 3 atom stereocenters. The molecule has 1 aliphatic rings. The first-order valence-electron chi connectivity index (χ1n) is 11.4. The van der Waals surface area contributed by atoms with Gasteiger partial charge < -0.3 is 9.88 Å². The molecule has 3 aromatic rings. The van der Waals surface area contributed by atoms with Gasteiger partial charge in [0.2, 0.25) is 0 Å². The molecular formula is C27H28FN5OS. The monoisotopic (exact) mass is 489 g/mol. The number of nitriles is 1. The standard InChI is InChI=1S/C27H28FN5OS/c1-18(9-10-19-7-5-4-6-8-19)24-14-12-22-25(35(30-2)32-24)17-33(3)26(22)27(34)31-21-11-13-23(28)20(15-21)16-29/h4-8,11-15,17-18,24H,9-10H2,1-3H3,(H,30,32)(H,31,34). The van der Waals surface area contributed by atoms with E-state index in [4.69, 9.17) is 5.26 Å². The fourth-order valence-corrected chi connectivity index (χ4v) is 5.83. The van der Waals surface area contributed by atoms with Crippen LogP contribution in [0.2, 0.25) is 0 Å². The SMILES string of the molecule is C/N=S1/NC(C(C)CCc2ccccc2)C=Cc2c1cn(C)c2C(=O)Nc1ccc(F)c(C#N)c1. The van der Waals surface area contributed by atoms with Crippen LogP contribution in [0.3, 0.4) is 0 Å². The number of carbonyl (C=O) groups excluding carboxylic acids is 1. The Balaban J connectivity index is 1.58. The van der Waals surface area contributed by atoms with Crippen LogP contribution in [0.4, 0.5) is 10.1 Å². The number of benzene rings is 2. The zero-order valence-corrected chi connectivity index (χ0v) is 20.8. The second-order valence-corrected chi connectivity index (χ2v) is 10.2. The quantitative estimate of drug-likeness (QED) is 0.496. The number of nitrogens with one attached hydrogen (secondary N) is 2. The van der Waals surface area contributed by atoms with Gasteiger partial charge in [0.15, 0.2) is 0 Å². The van der Waals surface area contributed by atoms with Crippen molar-refractivity contribution in [1.82, 2.24) is 9.29 Å². The molecule has 35 heavy (non-hydrogen) atoms. The Morgan fingerprint density at radius 1 is 1.31 bits per heavy atom. The highest BCUT2D eigenvalue weighted by Crippen LogP contribution is 2.28. The van der Waals surface area contributed by atoms with Gasteiger partial charge in [0.1, 0.15) is 17.6 Å². The molecule has 1 aliphatic heterocycles. The summed E-state index contributed by atoms with van der Waals surface area (Å²) in [4.78, 5) is 14.2. The molecule has 0 bridgehead atoms. The van der Waals surface area contributed by atoms with E-state index in [0.29, 0.717) is 17.3 Å².